The van der Waals surface area contributed by atoms with Crippen LogP contribution in [-0.4, -0.2) is 19.1 Å². The first kappa shape index (κ1) is 14.4. The Hall–Kier alpha value is -1.02. The van der Waals surface area contributed by atoms with Crippen LogP contribution in [0.2, 0.25) is 0 Å². The van der Waals surface area contributed by atoms with Gasteiger partial charge in [-0.1, -0.05) is 26.0 Å². The molecule has 1 saturated carbocycles. The average Bonchev–Trinajstić information content (AvgIpc) is 3.21. The summed E-state index contributed by atoms with van der Waals surface area (Å²) in [5.74, 6) is 0. The predicted octanol–water partition coefficient (Wildman–Crippen LogP) is 3.87. The number of hydrogen-bond donors (Lipinski definition) is 1. The Morgan fingerprint density at radius 2 is 2.00 bits per heavy atom. The molecule has 0 spiro atoms. The summed E-state index contributed by atoms with van der Waals surface area (Å²) in [6.07, 6.45) is 5.18. The third-order valence-electron chi connectivity index (χ3n) is 3.78. The molecule has 0 aromatic heterocycles. The zero-order valence-corrected chi connectivity index (χ0v) is 12.7. The average molecular weight is 260 g/mol. The highest BCUT2D eigenvalue weighted by Crippen LogP contribution is 2.33. The molecule has 1 aliphatic carbocycles. The minimum atomic E-state index is 0.808. The minimum absolute atomic E-state index is 0.808. The zero-order valence-electron chi connectivity index (χ0n) is 12.7. The van der Waals surface area contributed by atoms with E-state index in [1.807, 2.05) is 0 Å². The summed E-state index contributed by atoms with van der Waals surface area (Å²) in [6, 6.07) is 7.77. The molecule has 0 saturated heterocycles. The van der Waals surface area contributed by atoms with Gasteiger partial charge >= 0.3 is 0 Å². The largest absolute Gasteiger partial charge is 0.368 e. The van der Waals surface area contributed by atoms with Gasteiger partial charge in [0.2, 0.25) is 0 Å². The number of nitrogens with one attached hydrogen (secondary N) is 1. The Morgan fingerprint density at radius 1 is 1.21 bits per heavy atom. The van der Waals surface area contributed by atoms with Gasteiger partial charge in [0.05, 0.1) is 0 Å². The van der Waals surface area contributed by atoms with Crippen LogP contribution in [0.1, 0.15) is 50.7 Å². The fraction of sp³-hybridized carbons (Fsp3) is 0.647. The van der Waals surface area contributed by atoms with Gasteiger partial charge in [0, 0.05) is 24.8 Å². The molecule has 1 aromatic carbocycles. The van der Waals surface area contributed by atoms with E-state index >= 15 is 0 Å². The molecule has 0 heterocycles. The standard InChI is InChI=1S/C17H28N2/c1-4-10-18-13-15-6-9-17(14(3)12-15)19(11-5-2)16-7-8-16/h6,9,12,16,18H,4-5,7-8,10-11,13H2,1-3H3. The van der Waals surface area contributed by atoms with E-state index in [1.54, 1.807) is 0 Å². The Bertz CT molecular complexity index is 396. The van der Waals surface area contributed by atoms with E-state index in [2.05, 4.69) is 49.2 Å². The van der Waals surface area contributed by atoms with Gasteiger partial charge in [0.15, 0.2) is 0 Å². The highest BCUT2D eigenvalue weighted by atomic mass is 15.2. The lowest BCUT2D eigenvalue weighted by Gasteiger charge is -2.26. The summed E-state index contributed by atoms with van der Waals surface area (Å²) in [5.41, 5.74) is 4.28. The Labute approximate surface area is 118 Å². The zero-order chi connectivity index (χ0) is 13.7. The molecule has 0 aliphatic heterocycles. The normalized spacial score (nSPS) is 14.7. The Kier molecular flexibility index (Phi) is 5.26. The molecule has 2 rings (SSSR count). The maximum atomic E-state index is 3.47. The molecular weight excluding hydrogens is 232 g/mol. The molecule has 0 atom stereocenters. The molecule has 1 N–H and O–H groups in total. The third-order valence-corrected chi connectivity index (χ3v) is 3.78. The van der Waals surface area contributed by atoms with E-state index in [0.717, 1.165) is 19.1 Å². The first-order valence-electron chi connectivity index (χ1n) is 7.83. The van der Waals surface area contributed by atoms with Crippen molar-refractivity contribution < 1.29 is 0 Å². The van der Waals surface area contributed by atoms with E-state index in [0.29, 0.717) is 0 Å². The lowest BCUT2D eigenvalue weighted by atomic mass is 10.1. The second kappa shape index (κ2) is 6.95. The fourth-order valence-corrected chi connectivity index (χ4v) is 2.69. The van der Waals surface area contributed by atoms with Gasteiger partial charge in [-0.15, -0.1) is 0 Å². The predicted molar refractivity (Wildman–Crippen MR) is 83.8 cm³/mol. The van der Waals surface area contributed by atoms with Crippen molar-refractivity contribution >= 4 is 5.69 Å². The number of rotatable bonds is 8. The summed E-state index contributed by atoms with van der Waals surface area (Å²) in [6.45, 7) is 10.0. The number of aryl methyl sites for hydroxylation is 1. The van der Waals surface area contributed by atoms with E-state index in [-0.39, 0.29) is 0 Å². The molecule has 2 nitrogen and oxygen atoms in total. The molecule has 19 heavy (non-hydrogen) atoms. The van der Waals surface area contributed by atoms with Crippen molar-refractivity contribution in [1.82, 2.24) is 5.32 Å². The molecular formula is C17H28N2. The molecule has 0 radical (unpaired) electrons. The third kappa shape index (κ3) is 3.97. The van der Waals surface area contributed by atoms with E-state index in [1.165, 1.54) is 49.0 Å². The van der Waals surface area contributed by atoms with Crippen LogP contribution in [0.15, 0.2) is 18.2 Å². The molecule has 0 unspecified atom stereocenters. The first-order valence-corrected chi connectivity index (χ1v) is 7.83. The van der Waals surface area contributed by atoms with Gasteiger partial charge in [0.1, 0.15) is 0 Å². The summed E-state index contributed by atoms with van der Waals surface area (Å²) >= 11 is 0. The monoisotopic (exact) mass is 260 g/mol. The maximum absolute atomic E-state index is 3.47. The number of anilines is 1. The van der Waals surface area contributed by atoms with Crippen LogP contribution in [0, 0.1) is 6.92 Å². The van der Waals surface area contributed by atoms with Crippen molar-refractivity contribution in [1.29, 1.82) is 0 Å². The van der Waals surface area contributed by atoms with Crippen molar-refractivity contribution in [3.8, 4) is 0 Å². The highest BCUT2D eigenvalue weighted by molar-refractivity contribution is 5.56. The van der Waals surface area contributed by atoms with Gasteiger partial charge in [-0.05, 0) is 56.3 Å². The lowest BCUT2D eigenvalue weighted by Crippen LogP contribution is -2.27. The Balaban J connectivity index is 2.04. The van der Waals surface area contributed by atoms with Gasteiger partial charge in [-0.3, -0.25) is 0 Å². The van der Waals surface area contributed by atoms with E-state index in [9.17, 15) is 0 Å². The van der Waals surface area contributed by atoms with Crippen molar-refractivity contribution in [2.75, 3.05) is 18.0 Å². The summed E-state index contributed by atoms with van der Waals surface area (Å²) in [5, 5.41) is 3.47. The highest BCUT2D eigenvalue weighted by Gasteiger charge is 2.29. The molecule has 1 fully saturated rings. The van der Waals surface area contributed by atoms with Crippen molar-refractivity contribution in [3.05, 3.63) is 29.3 Å². The van der Waals surface area contributed by atoms with Crippen LogP contribution in [0.3, 0.4) is 0 Å². The maximum Gasteiger partial charge on any atom is 0.0398 e. The van der Waals surface area contributed by atoms with Gasteiger partial charge in [0.25, 0.3) is 0 Å². The first-order chi connectivity index (χ1) is 9.26. The number of hydrogen-bond acceptors (Lipinski definition) is 2. The van der Waals surface area contributed by atoms with Crippen LogP contribution < -0.4 is 10.2 Å². The van der Waals surface area contributed by atoms with Crippen molar-refractivity contribution in [2.45, 2.75) is 59.0 Å². The second-order valence-corrected chi connectivity index (χ2v) is 5.72. The van der Waals surface area contributed by atoms with Crippen LogP contribution in [0.25, 0.3) is 0 Å². The molecule has 2 heteroatoms. The van der Waals surface area contributed by atoms with Crippen molar-refractivity contribution in [2.24, 2.45) is 0 Å². The quantitative estimate of drug-likeness (QED) is 0.714. The molecule has 106 valence electrons. The summed E-state index contributed by atoms with van der Waals surface area (Å²) in [4.78, 5) is 2.61. The topological polar surface area (TPSA) is 15.3 Å². The van der Waals surface area contributed by atoms with Crippen LogP contribution in [0.5, 0.6) is 0 Å². The molecule has 1 aliphatic rings. The molecule has 0 amide bonds. The Morgan fingerprint density at radius 3 is 2.58 bits per heavy atom. The van der Waals surface area contributed by atoms with E-state index in [4.69, 9.17) is 0 Å². The van der Waals surface area contributed by atoms with Gasteiger partial charge < -0.3 is 10.2 Å². The fourth-order valence-electron chi connectivity index (χ4n) is 2.69. The van der Waals surface area contributed by atoms with Gasteiger partial charge in [-0.25, -0.2) is 0 Å². The molecule has 0 bridgehead atoms. The summed E-state index contributed by atoms with van der Waals surface area (Å²) in [7, 11) is 0. The van der Waals surface area contributed by atoms with Crippen LogP contribution >= 0.6 is 0 Å². The van der Waals surface area contributed by atoms with Gasteiger partial charge in [-0.2, -0.15) is 0 Å². The SMILES string of the molecule is CCCNCc1ccc(N(CCC)C2CC2)c(C)c1. The van der Waals surface area contributed by atoms with E-state index < -0.39 is 0 Å². The van der Waals surface area contributed by atoms with Crippen LogP contribution in [-0.2, 0) is 6.54 Å². The number of benzene rings is 1. The molecule has 1 aromatic rings. The van der Waals surface area contributed by atoms with Crippen molar-refractivity contribution in [3.63, 3.8) is 0 Å². The smallest absolute Gasteiger partial charge is 0.0398 e. The number of nitrogens with zero attached hydrogens (tertiary/aromatic N) is 1. The second-order valence-electron chi connectivity index (χ2n) is 5.72. The lowest BCUT2D eigenvalue weighted by molar-refractivity contribution is 0.675. The van der Waals surface area contributed by atoms with Crippen LogP contribution in [0.4, 0.5) is 5.69 Å². The minimum Gasteiger partial charge on any atom is -0.368 e. The summed E-state index contributed by atoms with van der Waals surface area (Å²) < 4.78 is 0.